The first-order valence-corrected chi connectivity index (χ1v) is 10.2. The van der Waals surface area contributed by atoms with E-state index < -0.39 is 11.8 Å². The van der Waals surface area contributed by atoms with Gasteiger partial charge in [-0.15, -0.1) is 0 Å². The maximum atomic E-state index is 12.4. The highest BCUT2D eigenvalue weighted by molar-refractivity contribution is 6.39. The minimum absolute atomic E-state index is 0.139. The highest BCUT2D eigenvalue weighted by Gasteiger charge is 2.18. The molecule has 3 aromatic rings. The molecule has 11 nitrogen and oxygen atoms in total. The summed E-state index contributed by atoms with van der Waals surface area (Å²) in [6.07, 6.45) is 0.490. The molecule has 11 heteroatoms. The third-order valence-corrected chi connectivity index (χ3v) is 5.01. The van der Waals surface area contributed by atoms with Crippen LogP contribution in [0, 0.1) is 20.8 Å². The van der Waals surface area contributed by atoms with Crippen LogP contribution in [0.4, 0.5) is 5.82 Å². The Morgan fingerprint density at radius 3 is 2.45 bits per heavy atom. The summed E-state index contributed by atoms with van der Waals surface area (Å²) in [5.74, 6) is -0.131. The summed E-state index contributed by atoms with van der Waals surface area (Å²) >= 11 is 0. The zero-order valence-corrected chi connectivity index (χ0v) is 19.1. The van der Waals surface area contributed by atoms with Gasteiger partial charge >= 0.3 is 11.8 Å². The molecule has 1 aromatic carbocycles. The van der Waals surface area contributed by atoms with Crippen molar-refractivity contribution in [2.45, 2.75) is 27.2 Å². The molecule has 3 rings (SSSR count). The number of aromatic nitrogens is 4. The lowest BCUT2D eigenvalue weighted by Gasteiger charge is -2.11. The summed E-state index contributed by atoms with van der Waals surface area (Å²) in [5.41, 5.74) is 2.19. The molecule has 0 aliphatic rings. The Bertz CT molecular complexity index is 1250. The molecule has 3 N–H and O–H groups in total. The molecule has 0 spiro atoms. The third-order valence-electron chi connectivity index (χ3n) is 5.01. The van der Waals surface area contributed by atoms with Crippen LogP contribution in [0.15, 0.2) is 29.1 Å². The summed E-state index contributed by atoms with van der Waals surface area (Å²) < 4.78 is 11.7. The standard InChI is InChI=1S/C22H26N6O5/c1-12-10-18(28(27-12)22-24-14(3)13(2)19(29)26-22)25-21(31)20(30)23-9-8-15-6-7-16(32-4)17(11-15)33-5/h6-7,10-11H,8-9H2,1-5H3,(H,23,30)(H,25,31)(H,24,26,29). The largest absolute Gasteiger partial charge is 0.493 e. The van der Waals surface area contributed by atoms with Gasteiger partial charge in [-0.3, -0.25) is 19.4 Å². The van der Waals surface area contributed by atoms with Crippen LogP contribution in [0.3, 0.4) is 0 Å². The normalized spacial score (nSPS) is 10.6. The van der Waals surface area contributed by atoms with Crippen molar-refractivity contribution in [3.63, 3.8) is 0 Å². The monoisotopic (exact) mass is 454 g/mol. The van der Waals surface area contributed by atoms with Crippen molar-refractivity contribution in [2.24, 2.45) is 0 Å². The van der Waals surface area contributed by atoms with Crippen LogP contribution in [0.2, 0.25) is 0 Å². The number of carbonyl (C=O) groups excluding carboxylic acids is 2. The van der Waals surface area contributed by atoms with Gasteiger partial charge in [0.15, 0.2) is 11.5 Å². The van der Waals surface area contributed by atoms with Crippen molar-refractivity contribution in [1.29, 1.82) is 0 Å². The van der Waals surface area contributed by atoms with Gasteiger partial charge in [0.2, 0.25) is 5.95 Å². The van der Waals surface area contributed by atoms with Crippen molar-refractivity contribution >= 4 is 17.6 Å². The van der Waals surface area contributed by atoms with E-state index in [-0.39, 0.29) is 23.9 Å². The van der Waals surface area contributed by atoms with Gasteiger partial charge in [0.25, 0.3) is 5.56 Å². The predicted molar refractivity (Wildman–Crippen MR) is 121 cm³/mol. The average Bonchev–Trinajstić information content (AvgIpc) is 3.16. The van der Waals surface area contributed by atoms with Crippen molar-refractivity contribution in [2.75, 3.05) is 26.1 Å². The first-order chi connectivity index (χ1) is 15.7. The lowest BCUT2D eigenvalue weighted by molar-refractivity contribution is -0.136. The molecule has 0 unspecified atom stereocenters. The van der Waals surface area contributed by atoms with Crippen molar-refractivity contribution < 1.29 is 19.1 Å². The Labute approximate surface area is 190 Å². The smallest absolute Gasteiger partial charge is 0.314 e. The molecule has 0 aliphatic carbocycles. The van der Waals surface area contributed by atoms with Crippen LogP contribution in [0.1, 0.15) is 22.5 Å². The topological polar surface area (TPSA) is 140 Å². The molecule has 0 saturated heterocycles. The molecular formula is C22H26N6O5. The molecule has 0 bridgehead atoms. The Kier molecular flexibility index (Phi) is 7.11. The van der Waals surface area contributed by atoms with E-state index in [4.69, 9.17) is 9.47 Å². The molecule has 0 fully saturated rings. The van der Waals surface area contributed by atoms with E-state index in [0.29, 0.717) is 34.9 Å². The number of nitrogens with one attached hydrogen (secondary N) is 3. The summed E-state index contributed by atoms with van der Waals surface area (Å²) in [7, 11) is 3.10. The van der Waals surface area contributed by atoms with E-state index in [1.807, 2.05) is 12.1 Å². The van der Waals surface area contributed by atoms with Crippen LogP contribution in [0.25, 0.3) is 5.95 Å². The quantitative estimate of drug-likeness (QED) is 0.456. The molecule has 2 aromatic heterocycles. The van der Waals surface area contributed by atoms with E-state index in [0.717, 1.165) is 5.56 Å². The number of hydrogen-bond acceptors (Lipinski definition) is 7. The number of anilines is 1. The molecule has 2 amide bonds. The number of nitrogens with zero attached hydrogens (tertiary/aromatic N) is 3. The zero-order valence-electron chi connectivity index (χ0n) is 19.1. The molecule has 0 radical (unpaired) electrons. The number of hydrogen-bond donors (Lipinski definition) is 3. The lowest BCUT2D eigenvalue weighted by Crippen LogP contribution is -2.37. The Morgan fingerprint density at radius 2 is 1.79 bits per heavy atom. The number of aryl methyl sites for hydroxylation is 2. The number of benzene rings is 1. The van der Waals surface area contributed by atoms with E-state index in [9.17, 15) is 14.4 Å². The van der Waals surface area contributed by atoms with Gasteiger partial charge in [0.05, 0.1) is 19.9 Å². The highest BCUT2D eigenvalue weighted by atomic mass is 16.5. The molecule has 2 heterocycles. The highest BCUT2D eigenvalue weighted by Crippen LogP contribution is 2.27. The SMILES string of the molecule is COc1ccc(CCNC(=O)C(=O)Nc2cc(C)nn2-c2nc(C)c(C)c(=O)[nH]2)cc1OC. The Hall–Kier alpha value is -4.15. The maximum Gasteiger partial charge on any atom is 0.314 e. The van der Waals surface area contributed by atoms with Gasteiger partial charge < -0.3 is 20.1 Å². The number of amides is 2. The van der Waals surface area contributed by atoms with Gasteiger partial charge in [-0.1, -0.05) is 6.07 Å². The fraction of sp³-hybridized carbons (Fsp3) is 0.318. The Balaban J connectivity index is 1.65. The lowest BCUT2D eigenvalue weighted by atomic mass is 10.1. The first kappa shape index (κ1) is 23.5. The van der Waals surface area contributed by atoms with E-state index >= 15 is 0 Å². The van der Waals surface area contributed by atoms with Gasteiger partial charge in [0, 0.05) is 23.9 Å². The summed E-state index contributed by atoms with van der Waals surface area (Å²) in [4.78, 5) is 43.8. The minimum atomic E-state index is -0.866. The van der Waals surface area contributed by atoms with Crippen LogP contribution in [-0.4, -0.2) is 52.3 Å². The second-order valence-corrected chi connectivity index (χ2v) is 7.33. The van der Waals surface area contributed by atoms with Crippen molar-refractivity contribution in [1.82, 2.24) is 25.1 Å². The predicted octanol–water partition coefficient (Wildman–Crippen LogP) is 1.20. The number of aromatic amines is 1. The first-order valence-electron chi connectivity index (χ1n) is 10.2. The molecule has 0 saturated carbocycles. The van der Waals surface area contributed by atoms with E-state index in [1.165, 1.54) is 4.68 Å². The molecule has 0 aliphatic heterocycles. The fourth-order valence-corrected chi connectivity index (χ4v) is 3.09. The maximum absolute atomic E-state index is 12.4. The number of ether oxygens (including phenoxy) is 2. The van der Waals surface area contributed by atoms with Gasteiger partial charge in [-0.2, -0.15) is 9.78 Å². The second kappa shape index (κ2) is 9.98. The van der Waals surface area contributed by atoms with Crippen molar-refractivity contribution in [3.8, 4) is 17.4 Å². The molecular weight excluding hydrogens is 428 g/mol. The number of methoxy groups -OCH3 is 2. The molecule has 174 valence electrons. The summed E-state index contributed by atoms with van der Waals surface area (Å²) in [6.45, 7) is 5.32. The fourth-order valence-electron chi connectivity index (χ4n) is 3.09. The van der Waals surface area contributed by atoms with Gasteiger partial charge in [-0.25, -0.2) is 4.98 Å². The molecule has 0 atom stereocenters. The second-order valence-electron chi connectivity index (χ2n) is 7.33. The summed E-state index contributed by atoms with van der Waals surface area (Å²) in [5, 5.41) is 9.35. The Morgan fingerprint density at radius 1 is 1.06 bits per heavy atom. The van der Waals surface area contributed by atoms with Crippen LogP contribution in [-0.2, 0) is 16.0 Å². The van der Waals surface area contributed by atoms with Crippen molar-refractivity contribution in [3.05, 3.63) is 57.1 Å². The average molecular weight is 454 g/mol. The molecule has 33 heavy (non-hydrogen) atoms. The number of rotatable bonds is 7. The number of H-pyrrole nitrogens is 1. The van der Waals surface area contributed by atoms with Gasteiger partial charge in [-0.05, 0) is 44.9 Å². The number of carbonyl (C=O) groups is 2. The summed E-state index contributed by atoms with van der Waals surface area (Å²) in [6, 6.07) is 7.01. The van der Waals surface area contributed by atoms with Gasteiger partial charge in [0.1, 0.15) is 5.82 Å². The minimum Gasteiger partial charge on any atom is -0.493 e. The zero-order chi connectivity index (χ0) is 24.1. The van der Waals surface area contributed by atoms with Crippen LogP contribution < -0.4 is 25.7 Å². The van der Waals surface area contributed by atoms with E-state index in [1.54, 1.807) is 47.1 Å². The van der Waals surface area contributed by atoms with Crippen LogP contribution in [0.5, 0.6) is 11.5 Å². The van der Waals surface area contributed by atoms with Crippen LogP contribution >= 0.6 is 0 Å². The van der Waals surface area contributed by atoms with E-state index in [2.05, 4.69) is 25.7 Å². The third kappa shape index (κ3) is 5.37.